The Kier molecular flexibility index (Phi) is 7.81. The molecule has 1 unspecified atom stereocenters. The number of rotatable bonds is 9. The first-order chi connectivity index (χ1) is 16.9. The number of para-hydroxylation sites is 2. The summed E-state index contributed by atoms with van der Waals surface area (Å²) in [6, 6.07) is 11.2. The van der Waals surface area contributed by atoms with E-state index >= 15 is 0 Å². The highest BCUT2D eigenvalue weighted by Crippen LogP contribution is 2.32. The van der Waals surface area contributed by atoms with Crippen LogP contribution in [0, 0.1) is 0 Å². The summed E-state index contributed by atoms with van der Waals surface area (Å²) < 4.78 is 44.1. The van der Waals surface area contributed by atoms with Gasteiger partial charge in [-0.2, -0.15) is 8.78 Å². The Morgan fingerprint density at radius 2 is 1.89 bits per heavy atom. The second-order valence-corrected chi connectivity index (χ2v) is 9.57. The summed E-state index contributed by atoms with van der Waals surface area (Å²) in [5.41, 5.74) is 2.67. The van der Waals surface area contributed by atoms with Gasteiger partial charge in [-0.1, -0.05) is 12.1 Å². The van der Waals surface area contributed by atoms with Gasteiger partial charge < -0.3 is 14.2 Å². The predicted octanol–water partition coefficient (Wildman–Crippen LogP) is 3.43. The Bertz CT molecular complexity index is 1170. The molecule has 12 heteroatoms. The number of hydrogen-bond acceptors (Lipinski definition) is 7. The molecule has 3 heterocycles. The van der Waals surface area contributed by atoms with Crippen molar-refractivity contribution in [2.45, 2.75) is 31.9 Å². The number of amides is 1. The van der Waals surface area contributed by atoms with E-state index in [1.807, 2.05) is 35.6 Å². The summed E-state index contributed by atoms with van der Waals surface area (Å²) in [6.45, 7) is 1.73. The lowest BCUT2D eigenvalue weighted by Crippen LogP contribution is -2.44. The molecule has 1 fully saturated rings. The zero-order valence-corrected chi connectivity index (χ0v) is 20.2. The van der Waals surface area contributed by atoms with Crippen molar-refractivity contribution in [2.75, 3.05) is 36.2 Å². The molecule has 0 radical (unpaired) electrons. The van der Waals surface area contributed by atoms with Gasteiger partial charge in [-0.3, -0.25) is 9.78 Å². The summed E-state index contributed by atoms with van der Waals surface area (Å²) in [7, 11) is 1.04. The van der Waals surface area contributed by atoms with Crippen LogP contribution in [0.4, 0.5) is 20.2 Å². The minimum atomic E-state index is -2.84. The van der Waals surface area contributed by atoms with Crippen LogP contribution in [0.2, 0.25) is 0 Å². The van der Waals surface area contributed by atoms with Gasteiger partial charge in [-0.05, 0) is 37.1 Å². The third-order valence-corrected chi connectivity index (χ3v) is 7.16. The molecule has 1 atom stereocenters. The van der Waals surface area contributed by atoms with Gasteiger partial charge in [-0.25, -0.2) is 8.51 Å². The van der Waals surface area contributed by atoms with E-state index in [-0.39, 0.29) is 18.5 Å². The Morgan fingerprint density at radius 3 is 2.46 bits per heavy atom. The van der Waals surface area contributed by atoms with Crippen molar-refractivity contribution in [3.8, 4) is 11.5 Å². The van der Waals surface area contributed by atoms with E-state index in [1.54, 1.807) is 23.3 Å². The normalized spacial score (nSPS) is 15.8. The molecule has 0 bridgehead atoms. The van der Waals surface area contributed by atoms with Crippen LogP contribution in [-0.2, 0) is 22.3 Å². The van der Waals surface area contributed by atoms with E-state index in [0.717, 1.165) is 43.7 Å². The van der Waals surface area contributed by atoms with Gasteiger partial charge in [0, 0.05) is 38.6 Å². The smallest absolute Gasteiger partial charge is 0.314 e. The molecule has 0 N–H and O–H groups in total. The number of pyridine rings is 1. The molecule has 1 amide bonds. The van der Waals surface area contributed by atoms with E-state index < -0.39 is 23.3 Å². The van der Waals surface area contributed by atoms with Gasteiger partial charge in [0.2, 0.25) is 12.3 Å². The van der Waals surface area contributed by atoms with Crippen molar-refractivity contribution in [1.82, 2.24) is 19.5 Å². The van der Waals surface area contributed by atoms with E-state index in [0.29, 0.717) is 11.3 Å². The number of carbonyl (C=O) groups excluding carboxylic acids is 1. The minimum absolute atomic E-state index is 0.0449. The first-order valence-corrected chi connectivity index (χ1v) is 12.6. The van der Waals surface area contributed by atoms with Crippen LogP contribution < -0.4 is 9.80 Å². The minimum Gasteiger partial charge on any atom is -0.415 e. The quantitative estimate of drug-likeness (QED) is 0.412. The van der Waals surface area contributed by atoms with Gasteiger partial charge in [0.05, 0.1) is 40.2 Å². The van der Waals surface area contributed by atoms with Gasteiger partial charge in [0.1, 0.15) is 0 Å². The molecule has 0 aliphatic carbocycles. The van der Waals surface area contributed by atoms with E-state index in [1.165, 1.54) is 6.20 Å². The van der Waals surface area contributed by atoms with E-state index in [9.17, 15) is 17.8 Å². The van der Waals surface area contributed by atoms with Crippen molar-refractivity contribution in [1.29, 1.82) is 0 Å². The van der Waals surface area contributed by atoms with E-state index in [2.05, 4.69) is 20.1 Å². The van der Waals surface area contributed by atoms with Crippen LogP contribution in [0.15, 0.2) is 47.0 Å². The predicted molar refractivity (Wildman–Crippen MR) is 128 cm³/mol. The van der Waals surface area contributed by atoms with Crippen molar-refractivity contribution in [3.63, 3.8) is 0 Å². The second-order valence-electron chi connectivity index (χ2n) is 8.20. The lowest BCUT2D eigenvalue weighted by molar-refractivity contribution is -0.107. The number of piperidine rings is 1. The van der Waals surface area contributed by atoms with Crippen molar-refractivity contribution in [3.05, 3.63) is 54.2 Å². The Hall–Kier alpha value is -3.25. The molecule has 9 nitrogen and oxygen atoms in total. The average molecular weight is 505 g/mol. The molecule has 35 heavy (non-hydrogen) atoms. The molecule has 1 aliphatic heterocycles. The summed E-state index contributed by atoms with van der Waals surface area (Å²) in [6.07, 6.45) is 2.81. The van der Waals surface area contributed by atoms with Crippen molar-refractivity contribution in [2.24, 2.45) is 0 Å². The van der Waals surface area contributed by atoms with Crippen LogP contribution in [0.25, 0.3) is 11.5 Å². The SMILES string of the molecule is CN(c1ccccc1N(C=O)Cc1ccc(-c2nnc(C(F)F)o2)cn1)C1CCN(S(C)=O)CC1. The van der Waals surface area contributed by atoms with Crippen LogP contribution >= 0.6 is 0 Å². The maximum atomic E-state index is 12.7. The third kappa shape index (κ3) is 5.70. The highest BCUT2D eigenvalue weighted by molar-refractivity contribution is 7.81. The fourth-order valence-corrected chi connectivity index (χ4v) is 4.85. The molecule has 2 aromatic heterocycles. The fraction of sp³-hybridized carbons (Fsp3) is 0.391. The Morgan fingerprint density at radius 1 is 1.17 bits per heavy atom. The first-order valence-electron chi connectivity index (χ1n) is 11.1. The first kappa shape index (κ1) is 24.9. The number of anilines is 2. The monoisotopic (exact) mass is 504 g/mol. The van der Waals surface area contributed by atoms with Crippen molar-refractivity contribution >= 4 is 28.8 Å². The molecule has 3 aromatic rings. The van der Waals surface area contributed by atoms with E-state index in [4.69, 9.17) is 4.42 Å². The van der Waals surface area contributed by atoms with Gasteiger partial charge >= 0.3 is 6.43 Å². The molecule has 1 aromatic carbocycles. The summed E-state index contributed by atoms with van der Waals surface area (Å²) in [5.74, 6) is -0.790. The molecule has 0 spiro atoms. The number of nitrogens with zero attached hydrogens (tertiary/aromatic N) is 6. The number of benzene rings is 1. The lowest BCUT2D eigenvalue weighted by atomic mass is 10.0. The van der Waals surface area contributed by atoms with Gasteiger partial charge in [-0.15, -0.1) is 10.2 Å². The maximum Gasteiger partial charge on any atom is 0.314 e. The fourth-order valence-electron chi connectivity index (χ4n) is 4.13. The summed E-state index contributed by atoms with van der Waals surface area (Å²) in [5, 5.41) is 6.94. The zero-order valence-electron chi connectivity index (χ0n) is 19.4. The third-order valence-electron chi connectivity index (χ3n) is 6.06. The molecular formula is C23H26F2N6O3S. The number of alkyl halides is 2. The zero-order chi connectivity index (χ0) is 24.9. The standard InChI is InChI=1S/C23H26F2N6O3S/c1-29(18-9-11-31(12-10-18)35(2)33)19-5-3-4-6-20(19)30(15-32)14-17-8-7-16(13-26-17)22-27-28-23(34-22)21(24)25/h3-8,13,15,18,21H,9-12,14H2,1-2H3. The molecule has 0 saturated carbocycles. The van der Waals surface area contributed by atoms with Crippen LogP contribution in [0.3, 0.4) is 0 Å². The lowest BCUT2D eigenvalue weighted by Gasteiger charge is -2.38. The van der Waals surface area contributed by atoms with Crippen LogP contribution in [0.5, 0.6) is 0 Å². The largest absolute Gasteiger partial charge is 0.415 e. The number of hydrogen-bond donors (Lipinski definition) is 0. The average Bonchev–Trinajstić information content (AvgIpc) is 3.38. The summed E-state index contributed by atoms with van der Waals surface area (Å²) >= 11 is 0. The van der Waals surface area contributed by atoms with Crippen LogP contribution in [0.1, 0.15) is 30.9 Å². The van der Waals surface area contributed by atoms with Gasteiger partial charge in [0.25, 0.3) is 5.89 Å². The second kappa shape index (κ2) is 11.0. The molecule has 186 valence electrons. The molecular weight excluding hydrogens is 478 g/mol. The topological polar surface area (TPSA) is 95.7 Å². The van der Waals surface area contributed by atoms with Crippen LogP contribution in [-0.4, -0.2) is 62.5 Å². The molecule has 1 aliphatic rings. The van der Waals surface area contributed by atoms with Crippen molar-refractivity contribution < 1.29 is 22.2 Å². The Balaban J connectivity index is 1.48. The number of halogens is 2. The summed E-state index contributed by atoms with van der Waals surface area (Å²) in [4.78, 5) is 20.2. The number of carbonyl (C=O) groups is 1. The highest BCUT2D eigenvalue weighted by Gasteiger charge is 2.26. The maximum absolute atomic E-state index is 12.7. The number of aromatic nitrogens is 3. The molecule has 4 rings (SSSR count). The Labute approximate surface area is 204 Å². The molecule has 1 saturated heterocycles. The highest BCUT2D eigenvalue weighted by atomic mass is 32.2. The van der Waals surface area contributed by atoms with Gasteiger partial charge in [0.15, 0.2) is 0 Å².